The summed E-state index contributed by atoms with van der Waals surface area (Å²) in [4.78, 5) is 24.4. The Bertz CT molecular complexity index is 527. The van der Waals surface area contributed by atoms with Gasteiger partial charge in [-0.05, 0) is 30.5 Å². The number of hydrogen-bond donors (Lipinski definition) is 2. The van der Waals surface area contributed by atoms with Gasteiger partial charge in [0, 0.05) is 23.8 Å². The summed E-state index contributed by atoms with van der Waals surface area (Å²) in [6.45, 7) is 3.45. The van der Waals surface area contributed by atoms with Crippen LogP contribution in [0.15, 0.2) is 18.2 Å². The Labute approximate surface area is 122 Å². The number of nitrogens with zero attached hydrogens (tertiary/aromatic N) is 1. The van der Waals surface area contributed by atoms with E-state index >= 15 is 0 Å². The van der Waals surface area contributed by atoms with Gasteiger partial charge in [-0.25, -0.2) is 0 Å². The van der Waals surface area contributed by atoms with Crippen molar-refractivity contribution < 1.29 is 14.7 Å². The van der Waals surface area contributed by atoms with Gasteiger partial charge in [0.1, 0.15) is 0 Å². The van der Waals surface area contributed by atoms with Crippen molar-refractivity contribution in [1.29, 1.82) is 0 Å². The van der Waals surface area contributed by atoms with Crippen molar-refractivity contribution >= 4 is 29.2 Å². The van der Waals surface area contributed by atoms with Crippen molar-refractivity contribution in [2.45, 2.75) is 13.3 Å². The zero-order valence-corrected chi connectivity index (χ0v) is 12.0. The number of likely N-dealkylation sites (tertiary alicyclic amines) is 1. The van der Waals surface area contributed by atoms with Crippen molar-refractivity contribution in [3.05, 3.63) is 28.8 Å². The van der Waals surface area contributed by atoms with Gasteiger partial charge in [0.05, 0.1) is 13.0 Å². The van der Waals surface area contributed by atoms with E-state index in [9.17, 15) is 9.59 Å². The number of hydrogen-bond acceptors (Lipinski definition) is 3. The average Bonchev–Trinajstić information content (AvgIpc) is 2.32. The van der Waals surface area contributed by atoms with E-state index in [2.05, 4.69) is 5.32 Å². The second-order valence-corrected chi connectivity index (χ2v) is 5.53. The molecule has 1 fully saturated rings. The highest BCUT2D eigenvalue weighted by atomic mass is 35.5. The lowest BCUT2D eigenvalue weighted by Crippen LogP contribution is -2.50. The molecule has 0 aromatic heterocycles. The highest BCUT2D eigenvalue weighted by Gasteiger charge is 2.29. The van der Waals surface area contributed by atoms with E-state index in [1.165, 1.54) is 0 Å². The summed E-state index contributed by atoms with van der Waals surface area (Å²) in [6.07, 6.45) is 0.172. The predicted octanol–water partition coefficient (Wildman–Crippen LogP) is 1.99. The minimum Gasteiger partial charge on any atom is -0.481 e. The summed E-state index contributed by atoms with van der Waals surface area (Å²) in [6, 6.07) is 5.37. The van der Waals surface area contributed by atoms with E-state index in [1.54, 1.807) is 12.1 Å². The molecule has 1 aliphatic heterocycles. The summed E-state index contributed by atoms with van der Waals surface area (Å²) < 4.78 is 0. The summed E-state index contributed by atoms with van der Waals surface area (Å²) in [7, 11) is 0. The molecule has 0 unspecified atom stereocenters. The molecule has 0 saturated carbocycles. The standard InChI is InChI=1S/C14H17ClN2O3/c1-9-11(15)3-2-4-12(9)16-13(18)8-17-6-10(7-17)5-14(19)20/h2-4,10H,5-8H2,1H3,(H,16,18)(H,19,20). The first-order valence-corrected chi connectivity index (χ1v) is 6.82. The van der Waals surface area contributed by atoms with Crippen LogP contribution in [0.3, 0.4) is 0 Å². The number of carboxylic acids is 1. The topological polar surface area (TPSA) is 69.6 Å². The smallest absolute Gasteiger partial charge is 0.303 e. The van der Waals surface area contributed by atoms with Crippen molar-refractivity contribution in [1.82, 2.24) is 4.90 Å². The number of amides is 1. The third-order valence-electron chi connectivity index (χ3n) is 3.41. The molecule has 108 valence electrons. The van der Waals surface area contributed by atoms with Crippen molar-refractivity contribution in [2.75, 3.05) is 25.0 Å². The zero-order valence-electron chi connectivity index (χ0n) is 11.2. The van der Waals surface area contributed by atoms with Gasteiger partial charge in [-0.3, -0.25) is 14.5 Å². The molecule has 1 saturated heterocycles. The predicted molar refractivity (Wildman–Crippen MR) is 77.0 cm³/mol. The fourth-order valence-corrected chi connectivity index (χ4v) is 2.49. The normalized spacial score (nSPS) is 15.7. The molecule has 2 rings (SSSR count). The van der Waals surface area contributed by atoms with Crippen LogP contribution >= 0.6 is 11.6 Å². The fourth-order valence-electron chi connectivity index (χ4n) is 2.32. The number of carbonyl (C=O) groups excluding carboxylic acids is 1. The SMILES string of the molecule is Cc1c(Cl)cccc1NC(=O)CN1CC(CC(=O)O)C1. The molecule has 2 N–H and O–H groups in total. The molecule has 0 radical (unpaired) electrons. The number of anilines is 1. The largest absolute Gasteiger partial charge is 0.481 e. The molecular weight excluding hydrogens is 280 g/mol. The number of rotatable bonds is 5. The van der Waals surface area contributed by atoms with Crippen molar-refractivity contribution in [3.8, 4) is 0 Å². The van der Waals surface area contributed by atoms with Crippen LogP contribution in [0.2, 0.25) is 5.02 Å². The van der Waals surface area contributed by atoms with Gasteiger partial charge < -0.3 is 10.4 Å². The fraction of sp³-hybridized carbons (Fsp3) is 0.429. The van der Waals surface area contributed by atoms with Gasteiger partial charge >= 0.3 is 5.97 Å². The van der Waals surface area contributed by atoms with Gasteiger partial charge in [0.2, 0.25) is 5.91 Å². The zero-order chi connectivity index (χ0) is 14.7. The van der Waals surface area contributed by atoms with Gasteiger partial charge in [-0.1, -0.05) is 17.7 Å². The molecule has 20 heavy (non-hydrogen) atoms. The molecule has 1 amide bonds. The molecule has 1 aromatic carbocycles. The Morgan fingerprint density at radius 2 is 2.15 bits per heavy atom. The molecule has 1 aliphatic rings. The Morgan fingerprint density at radius 1 is 1.45 bits per heavy atom. The van der Waals surface area contributed by atoms with Crippen LogP contribution in [0, 0.1) is 12.8 Å². The quantitative estimate of drug-likeness (QED) is 0.872. The van der Waals surface area contributed by atoms with E-state index in [0.29, 0.717) is 23.8 Å². The van der Waals surface area contributed by atoms with Crippen LogP contribution in [0.1, 0.15) is 12.0 Å². The van der Waals surface area contributed by atoms with E-state index in [1.807, 2.05) is 17.9 Å². The molecule has 0 bridgehead atoms. The van der Waals surface area contributed by atoms with Gasteiger partial charge in [0.25, 0.3) is 0 Å². The Balaban J connectivity index is 1.80. The lowest BCUT2D eigenvalue weighted by molar-refractivity contribution is -0.139. The van der Waals surface area contributed by atoms with Crippen LogP contribution in [-0.4, -0.2) is 41.5 Å². The lowest BCUT2D eigenvalue weighted by Gasteiger charge is -2.37. The number of aliphatic carboxylic acids is 1. The Hall–Kier alpha value is -1.59. The first-order chi connectivity index (χ1) is 9.45. The summed E-state index contributed by atoms with van der Waals surface area (Å²) >= 11 is 5.99. The first kappa shape index (κ1) is 14.8. The Morgan fingerprint density at radius 3 is 2.80 bits per heavy atom. The van der Waals surface area contributed by atoms with Crippen molar-refractivity contribution in [2.24, 2.45) is 5.92 Å². The van der Waals surface area contributed by atoms with E-state index in [0.717, 1.165) is 5.56 Å². The Kier molecular flexibility index (Phi) is 4.62. The number of carbonyl (C=O) groups is 2. The number of carboxylic acid groups (broad SMARTS) is 1. The van der Waals surface area contributed by atoms with Crippen LogP contribution in [0.4, 0.5) is 5.69 Å². The lowest BCUT2D eigenvalue weighted by atomic mass is 9.96. The first-order valence-electron chi connectivity index (χ1n) is 6.45. The average molecular weight is 297 g/mol. The number of nitrogens with one attached hydrogen (secondary N) is 1. The van der Waals surface area contributed by atoms with Gasteiger partial charge in [-0.15, -0.1) is 0 Å². The molecule has 0 aliphatic carbocycles. The van der Waals surface area contributed by atoms with Crippen LogP contribution in [0.25, 0.3) is 0 Å². The molecular formula is C14H17ClN2O3. The molecule has 1 heterocycles. The molecule has 0 atom stereocenters. The highest BCUT2D eigenvalue weighted by molar-refractivity contribution is 6.31. The van der Waals surface area contributed by atoms with Crippen molar-refractivity contribution in [3.63, 3.8) is 0 Å². The molecule has 0 spiro atoms. The van der Waals surface area contributed by atoms with Crippen LogP contribution < -0.4 is 5.32 Å². The van der Waals surface area contributed by atoms with Gasteiger partial charge in [-0.2, -0.15) is 0 Å². The number of halogens is 1. The van der Waals surface area contributed by atoms with E-state index in [-0.39, 0.29) is 24.8 Å². The monoisotopic (exact) mass is 296 g/mol. The maximum atomic E-state index is 11.9. The minimum absolute atomic E-state index is 0.107. The van der Waals surface area contributed by atoms with E-state index in [4.69, 9.17) is 16.7 Å². The second-order valence-electron chi connectivity index (χ2n) is 5.12. The third kappa shape index (κ3) is 3.71. The summed E-state index contributed by atoms with van der Waals surface area (Å²) in [5.41, 5.74) is 1.56. The third-order valence-corrected chi connectivity index (χ3v) is 3.81. The highest BCUT2D eigenvalue weighted by Crippen LogP contribution is 2.23. The summed E-state index contributed by atoms with van der Waals surface area (Å²) in [5.74, 6) is -0.731. The maximum Gasteiger partial charge on any atom is 0.303 e. The summed E-state index contributed by atoms with van der Waals surface area (Å²) in [5, 5.41) is 12.1. The van der Waals surface area contributed by atoms with Gasteiger partial charge in [0.15, 0.2) is 0 Å². The maximum absolute atomic E-state index is 11.9. The second kappa shape index (κ2) is 6.24. The van der Waals surface area contributed by atoms with E-state index < -0.39 is 5.97 Å². The van der Waals surface area contributed by atoms with Crippen LogP contribution in [0.5, 0.6) is 0 Å². The minimum atomic E-state index is -0.784. The molecule has 6 heteroatoms. The molecule has 5 nitrogen and oxygen atoms in total. The van der Waals surface area contributed by atoms with Crippen LogP contribution in [-0.2, 0) is 9.59 Å². The number of benzene rings is 1. The molecule has 1 aromatic rings.